The first-order valence-corrected chi connectivity index (χ1v) is 19.1. The molecule has 0 fully saturated rings. The van der Waals surface area contributed by atoms with Crippen LogP contribution in [0, 0.1) is 0 Å². The summed E-state index contributed by atoms with van der Waals surface area (Å²) in [4.78, 5) is 0. The molecule has 0 aliphatic carbocycles. The molecule has 0 N–H and O–H groups in total. The van der Waals surface area contributed by atoms with E-state index in [9.17, 15) is 4.57 Å². The van der Waals surface area contributed by atoms with Crippen LogP contribution in [0.5, 0.6) is 5.75 Å². The van der Waals surface area contributed by atoms with E-state index in [1.807, 2.05) is 146 Å². The molecular weight excluding hydrogens is 598 g/mol. The molecule has 0 saturated carbocycles. The Balaban J connectivity index is 1.52. The molecular formula is C38H40O5P2. The van der Waals surface area contributed by atoms with Crippen molar-refractivity contribution < 1.29 is 23.3 Å². The van der Waals surface area contributed by atoms with Gasteiger partial charge in [-0.25, -0.2) is 0 Å². The number of ether oxygens (including phenoxy) is 3. The average molecular weight is 639 g/mol. The summed E-state index contributed by atoms with van der Waals surface area (Å²) in [6.07, 6.45) is 0.589. The van der Waals surface area contributed by atoms with Crippen molar-refractivity contribution in [2.75, 3.05) is 33.0 Å². The molecule has 0 radical (unpaired) electrons. The Bertz CT molecular complexity index is 1620. The van der Waals surface area contributed by atoms with Crippen molar-refractivity contribution in [2.45, 2.75) is 19.2 Å². The van der Waals surface area contributed by atoms with E-state index in [2.05, 4.69) is 0 Å². The van der Waals surface area contributed by atoms with Crippen LogP contribution in [0.3, 0.4) is 0 Å². The summed E-state index contributed by atoms with van der Waals surface area (Å²) in [6, 6.07) is 44.6. The SMILES string of the molecule is CCOCCOCCOc1ccc(CP(=O)(c2ccccc2)c2ccccc2)cc1CP(=O)(c1ccccc1)c1ccccc1. The molecule has 0 atom stereocenters. The van der Waals surface area contributed by atoms with Gasteiger partial charge in [-0.3, -0.25) is 0 Å². The Morgan fingerprint density at radius 3 is 1.38 bits per heavy atom. The van der Waals surface area contributed by atoms with Crippen LogP contribution in [0.1, 0.15) is 18.1 Å². The molecule has 232 valence electrons. The minimum absolute atomic E-state index is 0.260. The van der Waals surface area contributed by atoms with Gasteiger partial charge in [0.25, 0.3) is 0 Å². The Hall–Kier alpha value is -3.72. The average Bonchev–Trinajstić information content (AvgIpc) is 3.10. The van der Waals surface area contributed by atoms with Gasteiger partial charge >= 0.3 is 0 Å². The van der Waals surface area contributed by atoms with E-state index in [4.69, 9.17) is 14.2 Å². The molecule has 0 bridgehead atoms. The van der Waals surface area contributed by atoms with E-state index >= 15 is 4.57 Å². The van der Waals surface area contributed by atoms with Crippen molar-refractivity contribution in [2.24, 2.45) is 0 Å². The summed E-state index contributed by atoms with van der Waals surface area (Å²) >= 11 is 0. The summed E-state index contributed by atoms with van der Waals surface area (Å²) in [6.45, 7) is 4.38. The van der Waals surface area contributed by atoms with Crippen molar-refractivity contribution in [3.8, 4) is 5.75 Å². The second-order valence-corrected chi connectivity index (χ2v) is 16.4. The van der Waals surface area contributed by atoms with E-state index < -0.39 is 14.3 Å². The highest BCUT2D eigenvalue weighted by Gasteiger charge is 2.31. The third kappa shape index (κ3) is 8.31. The zero-order chi connectivity index (χ0) is 31.4. The van der Waals surface area contributed by atoms with Gasteiger partial charge in [-0.15, -0.1) is 0 Å². The fourth-order valence-corrected chi connectivity index (χ4v) is 10.8. The van der Waals surface area contributed by atoms with Gasteiger partial charge in [-0.2, -0.15) is 0 Å². The smallest absolute Gasteiger partial charge is 0.147 e. The minimum atomic E-state index is -3.11. The van der Waals surface area contributed by atoms with Crippen molar-refractivity contribution >= 4 is 35.5 Å². The van der Waals surface area contributed by atoms with Crippen molar-refractivity contribution in [1.29, 1.82) is 0 Å². The zero-order valence-corrected chi connectivity index (χ0v) is 27.5. The maximum absolute atomic E-state index is 15.1. The van der Waals surface area contributed by atoms with Crippen LogP contribution < -0.4 is 26.0 Å². The molecule has 0 aromatic heterocycles. The van der Waals surface area contributed by atoms with Crippen molar-refractivity contribution in [1.82, 2.24) is 0 Å². The first-order valence-electron chi connectivity index (χ1n) is 15.3. The first kappa shape index (κ1) is 32.7. The van der Waals surface area contributed by atoms with E-state index in [1.165, 1.54) is 0 Å². The lowest BCUT2D eigenvalue weighted by Gasteiger charge is -2.23. The third-order valence-electron chi connectivity index (χ3n) is 7.68. The quantitative estimate of drug-likeness (QED) is 0.0849. The fourth-order valence-electron chi connectivity index (χ4n) is 5.41. The second-order valence-electron chi connectivity index (χ2n) is 10.7. The lowest BCUT2D eigenvalue weighted by molar-refractivity contribution is 0.0404. The molecule has 0 aliphatic heterocycles. The molecule has 0 amide bonds. The zero-order valence-electron chi connectivity index (χ0n) is 25.7. The normalized spacial score (nSPS) is 11.8. The highest BCUT2D eigenvalue weighted by atomic mass is 31.2. The maximum Gasteiger partial charge on any atom is 0.147 e. The lowest BCUT2D eigenvalue weighted by Crippen LogP contribution is -2.19. The Labute approximate surface area is 266 Å². The van der Waals surface area contributed by atoms with Gasteiger partial charge in [0.2, 0.25) is 0 Å². The van der Waals surface area contributed by atoms with Gasteiger partial charge in [0.05, 0.1) is 19.8 Å². The Morgan fingerprint density at radius 1 is 0.489 bits per heavy atom. The topological polar surface area (TPSA) is 61.8 Å². The summed E-state index contributed by atoms with van der Waals surface area (Å²) in [5, 5.41) is 3.18. The van der Waals surface area contributed by atoms with Gasteiger partial charge in [0.1, 0.15) is 26.6 Å². The molecule has 0 spiro atoms. The van der Waals surface area contributed by atoms with Crippen LogP contribution in [0.2, 0.25) is 0 Å². The van der Waals surface area contributed by atoms with Crippen molar-refractivity contribution in [3.05, 3.63) is 151 Å². The van der Waals surface area contributed by atoms with Gasteiger partial charge in [-0.05, 0) is 18.6 Å². The molecule has 0 aliphatic rings. The molecule has 7 heteroatoms. The summed E-state index contributed by atoms with van der Waals surface area (Å²) < 4.78 is 47.3. The molecule has 5 aromatic carbocycles. The molecule has 5 rings (SSSR count). The summed E-state index contributed by atoms with van der Waals surface area (Å²) in [7, 11) is -6.14. The number of hydrogen-bond acceptors (Lipinski definition) is 5. The molecule has 0 heterocycles. The summed E-state index contributed by atoms with van der Waals surface area (Å²) in [5.41, 5.74) is 1.71. The Morgan fingerprint density at radius 2 is 0.911 bits per heavy atom. The van der Waals surface area contributed by atoms with Crippen LogP contribution in [0.4, 0.5) is 0 Å². The second kappa shape index (κ2) is 16.0. The highest BCUT2D eigenvalue weighted by molar-refractivity contribution is 7.78. The van der Waals surface area contributed by atoms with E-state index in [1.54, 1.807) is 0 Å². The summed E-state index contributed by atoms with van der Waals surface area (Å²) in [5.74, 6) is 0.647. The van der Waals surface area contributed by atoms with E-state index in [-0.39, 0.29) is 6.16 Å². The molecule has 5 nitrogen and oxygen atoms in total. The van der Waals surface area contributed by atoms with Crippen LogP contribution in [0.15, 0.2) is 140 Å². The van der Waals surface area contributed by atoms with Gasteiger partial charge in [-0.1, -0.05) is 133 Å². The molecule has 0 saturated heterocycles. The third-order valence-corrected chi connectivity index (χ3v) is 13.8. The van der Waals surface area contributed by atoms with Gasteiger partial charge in [0.15, 0.2) is 0 Å². The molecule has 0 unspecified atom stereocenters. The number of hydrogen-bond donors (Lipinski definition) is 0. The monoisotopic (exact) mass is 638 g/mol. The standard InChI is InChI=1S/C38H40O5P2/c1-2-41-25-26-42-27-28-43-38-24-23-32(30-44(39,34-15-7-3-8-16-34)35-17-9-4-10-18-35)29-33(38)31-45(40,36-19-11-5-12-20-36)37-21-13-6-14-22-37/h3-24,29H,2,25-28,30-31H2,1H3. The minimum Gasteiger partial charge on any atom is -0.491 e. The van der Waals surface area contributed by atoms with Crippen LogP contribution in [-0.2, 0) is 30.9 Å². The highest BCUT2D eigenvalue weighted by Crippen LogP contribution is 2.50. The van der Waals surface area contributed by atoms with Crippen molar-refractivity contribution in [3.63, 3.8) is 0 Å². The Kier molecular flexibility index (Phi) is 11.6. The predicted octanol–water partition coefficient (Wildman–Crippen LogP) is 7.15. The van der Waals surface area contributed by atoms with Gasteiger partial charge < -0.3 is 23.3 Å². The maximum atomic E-state index is 15.1. The van der Waals surface area contributed by atoms with Crippen LogP contribution in [0.25, 0.3) is 0 Å². The molecule has 5 aromatic rings. The van der Waals surface area contributed by atoms with E-state index in [0.717, 1.165) is 32.3 Å². The number of benzene rings is 5. The van der Waals surface area contributed by atoms with Crippen LogP contribution in [-0.4, -0.2) is 33.0 Å². The van der Waals surface area contributed by atoms with Gasteiger partial charge in [0, 0.05) is 45.7 Å². The molecule has 45 heavy (non-hydrogen) atoms. The first-order chi connectivity index (χ1) is 22.0. The number of rotatable bonds is 16. The predicted molar refractivity (Wildman–Crippen MR) is 186 cm³/mol. The lowest BCUT2D eigenvalue weighted by atomic mass is 10.1. The van der Waals surface area contributed by atoms with Crippen LogP contribution >= 0.6 is 14.3 Å². The van der Waals surface area contributed by atoms with E-state index in [0.29, 0.717) is 44.9 Å². The largest absolute Gasteiger partial charge is 0.491 e. The fraction of sp³-hybridized carbons (Fsp3) is 0.211.